The normalized spacial score (nSPS) is 10.9. The largest absolute Gasteiger partial charge is 0.477 e. The number of aromatic carboxylic acids is 1. The summed E-state index contributed by atoms with van der Waals surface area (Å²) in [6.45, 7) is 5.74. The molecular formula is C13H21NO3S. The number of thiophene rings is 1. The quantitative estimate of drug-likeness (QED) is 0.789. The van der Waals surface area contributed by atoms with E-state index in [1.54, 1.807) is 13.2 Å². The van der Waals surface area contributed by atoms with E-state index in [0.717, 1.165) is 25.1 Å². The summed E-state index contributed by atoms with van der Waals surface area (Å²) in [5.41, 5.74) is 0.989. The molecular weight excluding hydrogens is 250 g/mol. The molecule has 0 fully saturated rings. The standard InChI is InChI=1S/C13H21NO3S/c1-4-10(5-2)14(6-7-17-3)11-8-12(13(15)16)18-9-11/h8-10H,4-7H2,1-3H3,(H,15,16). The monoisotopic (exact) mass is 271 g/mol. The lowest BCUT2D eigenvalue weighted by Crippen LogP contribution is -2.36. The van der Waals surface area contributed by atoms with Crippen molar-refractivity contribution >= 4 is 23.0 Å². The molecule has 0 atom stereocenters. The van der Waals surface area contributed by atoms with E-state index in [9.17, 15) is 4.79 Å². The molecule has 1 heterocycles. The Morgan fingerprint density at radius 1 is 1.50 bits per heavy atom. The van der Waals surface area contributed by atoms with E-state index in [0.29, 0.717) is 17.5 Å². The molecule has 0 aliphatic rings. The molecule has 0 amide bonds. The number of hydrogen-bond acceptors (Lipinski definition) is 4. The fourth-order valence-corrected chi connectivity index (χ4v) is 2.77. The first kappa shape index (κ1) is 15.0. The molecule has 4 nitrogen and oxygen atoms in total. The van der Waals surface area contributed by atoms with Crippen molar-refractivity contribution < 1.29 is 14.6 Å². The predicted molar refractivity (Wildman–Crippen MR) is 74.9 cm³/mol. The highest BCUT2D eigenvalue weighted by Crippen LogP contribution is 2.26. The number of ether oxygens (including phenoxy) is 1. The third kappa shape index (κ3) is 3.71. The van der Waals surface area contributed by atoms with Gasteiger partial charge in [-0.25, -0.2) is 4.79 Å². The molecule has 1 N–H and O–H groups in total. The molecule has 0 aromatic carbocycles. The second-order valence-electron chi connectivity index (χ2n) is 4.13. The van der Waals surface area contributed by atoms with Crippen molar-refractivity contribution in [2.24, 2.45) is 0 Å². The van der Waals surface area contributed by atoms with Gasteiger partial charge < -0.3 is 14.7 Å². The molecule has 0 aliphatic carbocycles. The van der Waals surface area contributed by atoms with E-state index in [4.69, 9.17) is 9.84 Å². The van der Waals surface area contributed by atoms with E-state index in [-0.39, 0.29) is 0 Å². The summed E-state index contributed by atoms with van der Waals surface area (Å²) in [5, 5.41) is 10.9. The van der Waals surface area contributed by atoms with Gasteiger partial charge in [-0.05, 0) is 18.9 Å². The van der Waals surface area contributed by atoms with E-state index in [1.165, 1.54) is 11.3 Å². The lowest BCUT2D eigenvalue weighted by Gasteiger charge is -2.31. The summed E-state index contributed by atoms with van der Waals surface area (Å²) in [7, 11) is 1.68. The first-order valence-corrected chi connectivity index (χ1v) is 7.09. The zero-order valence-corrected chi connectivity index (χ0v) is 12.0. The molecule has 0 saturated heterocycles. The van der Waals surface area contributed by atoms with Crippen LogP contribution in [0, 0.1) is 0 Å². The zero-order chi connectivity index (χ0) is 13.5. The lowest BCUT2D eigenvalue weighted by molar-refractivity contribution is 0.0702. The van der Waals surface area contributed by atoms with Crippen LogP contribution in [0.5, 0.6) is 0 Å². The minimum atomic E-state index is -0.859. The second-order valence-corrected chi connectivity index (χ2v) is 5.04. The fraction of sp³-hybridized carbons (Fsp3) is 0.615. The molecule has 1 aromatic heterocycles. The van der Waals surface area contributed by atoms with E-state index < -0.39 is 5.97 Å². The highest BCUT2D eigenvalue weighted by molar-refractivity contribution is 7.12. The Kier molecular flexibility index (Phi) is 6.15. The molecule has 18 heavy (non-hydrogen) atoms. The Balaban J connectivity index is 2.89. The van der Waals surface area contributed by atoms with Crippen molar-refractivity contribution in [1.29, 1.82) is 0 Å². The van der Waals surface area contributed by atoms with Crippen LogP contribution in [0.2, 0.25) is 0 Å². The van der Waals surface area contributed by atoms with Crippen LogP contribution in [0.4, 0.5) is 5.69 Å². The number of methoxy groups -OCH3 is 1. The number of nitrogens with zero attached hydrogens (tertiary/aromatic N) is 1. The average Bonchev–Trinajstić information content (AvgIpc) is 2.84. The summed E-state index contributed by atoms with van der Waals surface area (Å²) in [6, 6.07) is 2.18. The Bertz CT molecular complexity index is 374. The topological polar surface area (TPSA) is 49.8 Å². The van der Waals surface area contributed by atoms with Gasteiger partial charge >= 0.3 is 5.97 Å². The third-order valence-corrected chi connectivity index (χ3v) is 3.95. The van der Waals surface area contributed by atoms with Gasteiger partial charge in [0.2, 0.25) is 0 Å². The Morgan fingerprint density at radius 3 is 2.61 bits per heavy atom. The van der Waals surface area contributed by atoms with Crippen LogP contribution < -0.4 is 4.90 Å². The lowest BCUT2D eigenvalue weighted by atomic mass is 10.1. The van der Waals surface area contributed by atoms with Crippen LogP contribution >= 0.6 is 11.3 Å². The van der Waals surface area contributed by atoms with Crippen molar-refractivity contribution in [3.05, 3.63) is 16.3 Å². The zero-order valence-electron chi connectivity index (χ0n) is 11.2. The maximum atomic E-state index is 10.9. The molecule has 5 heteroatoms. The minimum absolute atomic E-state index is 0.387. The van der Waals surface area contributed by atoms with Gasteiger partial charge in [0.05, 0.1) is 6.61 Å². The van der Waals surface area contributed by atoms with Gasteiger partial charge in [0.15, 0.2) is 0 Å². The van der Waals surface area contributed by atoms with Crippen LogP contribution in [0.15, 0.2) is 11.4 Å². The number of carboxylic acids is 1. The van der Waals surface area contributed by atoms with E-state index >= 15 is 0 Å². The molecule has 0 bridgehead atoms. The van der Waals surface area contributed by atoms with E-state index in [1.807, 2.05) is 5.38 Å². The second kappa shape index (κ2) is 7.38. The third-order valence-electron chi connectivity index (χ3n) is 3.05. The van der Waals surface area contributed by atoms with Gasteiger partial charge in [0.1, 0.15) is 4.88 Å². The van der Waals surface area contributed by atoms with Gasteiger partial charge in [-0.3, -0.25) is 0 Å². The van der Waals surface area contributed by atoms with Crippen molar-refractivity contribution in [3.8, 4) is 0 Å². The Labute approximate surface area is 112 Å². The molecule has 0 aliphatic heterocycles. The molecule has 0 spiro atoms. The van der Waals surface area contributed by atoms with Crippen LogP contribution in [0.1, 0.15) is 36.4 Å². The van der Waals surface area contributed by atoms with Gasteiger partial charge in [-0.15, -0.1) is 11.3 Å². The Hall–Kier alpha value is -1.07. The maximum Gasteiger partial charge on any atom is 0.345 e. The number of carboxylic acid groups (broad SMARTS) is 1. The number of anilines is 1. The van der Waals surface area contributed by atoms with Crippen molar-refractivity contribution in [2.45, 2.75) is 32.7 Å². The van der Waals surface area contributed by atoms with Crippen LogP contribution in [0.3, 0.4) is 0 Å². The van der Waals surface area contributed by atoms with Gasteiger partial charge in [-0.2, -0.15) is 0 Å². The fourth-order valence-electron chi connectivity index (χ4n) is 2.03. The van der Waals surface area contributed by atoms with Gasteiger partial charge in [-0.1, -0.05) is 13.8 Å². The highest BCUT2D eigenvalue weighted by atomic mass is 32.1. The number of carbonyl (C=O) groups is 1. The number of hydrogen-bond donors (Lipinski definition) is 1. The Morgan fingerprint density at radius 2 is 2.17 bits per heavy atom. The van der Waals surface area contributed by atoms with Crippen molar-refractivity contribution in [3.63, 3.8) is 0 Å². The smallest absolute Gasteiger partial charge is 0.345 e. The number of rotatable bonds is 8. The molecule has 1 aromatic rings. The SMILES string of the molecule is CCC(CC)N(CCOC)c1csc(C(=O)O)c1. The van der Waals surface area contributed by atoms with Crippen LogP contribution in [-0.4, -0.2) is 37.4 Å². The highest BCUT2D eigenvalue weighted by Gasteiger charge is 2.18. The molecule has 1 rings (SSSR count). The molecule has 0 saturated carbocycles. The summed E-state index contributed by atoms with van der Waals surface area (Å²) in [5.74, 6) is -0.859. The molecule has 102 valence electrons. The van der Waals surface area contributed by atoms with E-state index in [2.05, 4.69) is 18.7 Å². The van der Waals surface area contributed by atoms with Gasteiger partial charge in [0.25, 0.3) is 0 Å². The van der Waals surface area contributed by atoms with Crippen molar-refractivity contribution in [2.75, 3.05) is 25.2 Å². The average molecular weight is 271 g/mol. The molecule has 0 radical (unpaired) electrons. The summed E-state index contributed by atoms with van der Waals surface area (Å²) in [4.78, 5) is 13.6. The van der Waals surface area contributed by atoms with Crippen molar-refractivity contribution in [1.82, 2.24) is 0 Å². The van der Waals surface area contributed by atoms with Crippen LogP contribution in [-0.2, 0) is 4.74 Å². The summed E-state index contributed by atoms with van der Waals surface area (Å²) >= 11 is 1.28. The predicted octanol–water partition coefficient (Wildman–Crippen LogP) is 3.09. The minimum Gasteiger partial charge on any atom is -0.477 e. The van der Waals surface area contributed by atoms with Crippen LogP contribution in [0.25, 0.3) is 0 Å². The summed E-state index contributed by atoms with van der Waals surface area (Å²) < 4.78 is 5.13. The molecule has 0 unspecified atom stereocenters. The first-order chi connectivity index (χ1) is 8.63. The first-order valence-electron chi connectivity index (χ1n) is 6.21. The summed E-state index contributed by atoms with van der Waals surface area (Å²) in [6.07, 6.45) is 2.08. The maximum absolute atomic E-state index is 10.9. The van der Waals surface area contributed by atoms with Gasteiger partial charge in [0, 0.05) is 30.8 Å².